The van der Waals surface area contributed by atoms with Gasteiger partial charge in [0.15, 0.2) is 0 Å². The molecule has 2 aromatic rings. The maximum absolute atomic E-state index is 12.1. The van der Waals surface area contributed by atoms with Crippen LogP contribution in [-0.2, 0) is 4.79 Å². The number of nitrogens with zero attached hydrogens (tertiary/aromatic N) is 1. The predicted octanol–water partition coefficient (Wildman–Crippen LogP) is 2.98. The average molecular weight is 408 g/mol. The number of ether oxygens (including phenoxy) is 1. The molecule has 1 N–H and O–H groups in total. The summed E-state index contributed by atoms with van der Waals surface area (Å²) in [4.78, 5) is 22.8. The van der Waals surface area contributed by atoms with Crippen molar-refractivity contribution in [1.29, 1.82) is 0 Å². The first kappa shape index (κ1) is 16.2. The van der Waals surface area contributed by atoms with E-state index in [1.165, 1.54) is 13.1 Å². The van der Waals surface area contributed by atoms with Gasteiger partial charge in [0.2, 0.25) is 5.91 Å². The number of esters is 1. The van der Waals surface area contributed by atoms with Gasteiger partial charge in [0, 0.05) is 10.5 Å². The van der Waals surface area contributed by atoms with Crippen molar-refractivity contribution in [2.45, 2.75) is 6.92 Å². The number of carbonyl (C=O) groups is 2. The molecule has 0 aliphatic carbocycles. The first-order valence-corrected chi connectivity index (χ1v) is 7.50. The van der Waals surface area contributed by atoms with Crippen LogP contribution in [0.1, 0.15) is 22.8 Å². The van der Waals surface area contributed by atoms with Gasteiger partial charge >= 0.3 is 5.97 Å². The minimum atomic E-state index is -0.398. The Morgan fingerprint density at radius 3 is 2.45 bits per heavy atom. The van der Waals surface area contributed by atoms with Gasteiger partial charge in [0.1, 0.15) is 5.75 Å². The Bertz CT molecular complexity index is 712. The third kappa shape index (κ3) is 4.66. The van der Waals surface area contributed by atoms with Gasteiger partial charge in [-0.15, -0.1) is 0 Å². The molecule has 5 nitrogen and oxygen atoms in total. The summed E-state index contributed by atoms with van der Waals surface area (Å²) in [5.74, 6) is -0.190. The minimum Gasteiger partial charge on any atom is -0.423 e. The van der Waals surface area contributed by atoms with E-state index in [2.05, 4.69) is 33.1 Å². The lowest BCUT2D eigenvalue weighted by Gasteiger charge is -2.06. The fraction of sp³-hybridized carbons (Fsp3) is 0.0625. The van der Waals surface area contributed by atoms with Gasteiger partial charge in [0.25, 0.3) is 0 Å². The molecular formula is C16H13IN2O3. The minimum absolute atomic E-state index is 0.237. The molecule has 0 unspecified atom stereocenters. The second-order valence-electron chi connectivity index (χ2n) is 4.36. The zero-order valence-electron chi connectivity index (χ0n) is 11.7. The quantitative estimate of drug-likeness (QED) is 0.278. The van der Waals surface area contributed by atoms with Crippen LogP contribution in [-0.4, -0.2) is 18.1 Å². The number of amides is 1. The van der Waals surface area contributed by atoms with Crippen molar-refractivity contribution in [3.05, 3.63) is 63.2 Å². The van der Waals surface area contributed by atoms with E-state index >= 15 is 0 Å². The van der Waals surface area contributed by atoms with Crippen LogP contribution in [0.25, 0.3) is 0 Å². The molecule has 0 heterocycles. The molecule has 0 aromatic heterocycles. The largest absolute Gasteiger partial charge is 0.423 e. The molecule has 22 heavy (non-hydrogen) atoms. The summed E-state index contributed by atoms with van der Waals surface area (Å²) in [6.45, 7) is 1.38. The van der Waals surface area contributed by atoms with Crippen molar-refractivity contribution in [3.63, 3.8) is 0 Å². The summed E-state index contributed by atoms with van der Waals surface area (Å²) in [7, 11) is 0. The normalized spacial score (nSPS) is 10.5. The molecule has 2 aromatic carbocycles. The average Bonchev–Trinajstić information content (AvgIpc) is 2.49. The molecule has 0 spiro atoms. The van der Waals surface area contributed by atoms with Crippen LogP contribution in [0.2, 0.25) is 0 Å². The Kier molecular flexibility index (Phi) is 5.65. The summed E-state index contributed by atoms with van der Waals surface area (Å²) >= 11 is 2.09. The molecule has 0 saturated carbocycles. The Labute approximate surface area is 141 Å². The smallest absolute Gasteiger partial charge is 0.344 e. The van der Waals surface area contributed by atoms with Crippen molar-refractivity contribution in [2.75, 3.05) is 0 Å². The summed E-state index contributed by atoms with van der Waals surface area (Å²) in [6, 6.07) is 14.0. The highest BCUT2D eigenvalue weighted by Gasteiger charge is 2.11. The molecular weight excluding hydrogens is 395 g/mol. The second-order valence-corrected chi connectivity index (χ2v) is 5.53. The van der Waals surface area contributed by atoms with E-state index in [1.807, 2.05) is 12.1 Å². The van der Waals surface area contributed by atoms with Crippen LogP contribution in [0.15, 0.2) is 53.6 Å². The number of hydrogen-bond acceptors (Lipinski definition) is 4. The lowest BCUT2D eigenvalue weighted by molar-refractivity contribution is -0.118. The highest BCUT2D eigenvalue weighted by atomic mass is 127. The number of benzene rings is 2. The number of nitrogens with one attached hydrogen (secondary N) is 1. The fourth-order valence-electron chi connectivity index (χ4n) is 1.61. The van der Waals surface area contributed by atoms with Crippen molar-refractivity contribution in [2.24, 2.45) is 5.10 Å². The number of hydrogen-bond donors (Lipinski definition) is 1. The Morgan fingerprint density at radius 1 is 1.14 bits per heavy atom. The van der Waals surface area contributed by atoms with Gasteiger partial charge in [-0.2, -0.15) is 5.10 Å². The van der Waals surface area contributed by atoms with E-state index in [1.54, 1.807) is 36.4 Å². The zero-order chi connectivity index (χ0) is 15.9. The van der Waals surface area contributed by atoms with E-state index in [-0.39, 0.29) is 5.91 Å². The summed E-state index contributed by atoms with van der Waals surface area (Å²) in [6.07, 6.45) is 1.51. The van der Waals surface area contributed by atoms with E-state index in [0.29, 0.717) is 11.3 Å². The predicted molar refractivity (Wildman–Crippen MR) is 92.0 cm³/mol. The summed E-state index contributed by atoms with van der Waals surface area (Å²) in [5, 5.41) is 3.76. The maximum Gasteiger partial charge on any atom is 0.344 e. The second kappa shape index (κ2) is 7.69. The topological polar surface area (TPSA) is 67.8 Å². The van der Waals surface area contributed by atoms with Crippen LogP contribution in [0, 0.1) is 3.57 Å². The molecule has 0 fully saturated rings. The summed E-state index contributed by atoms with van der Waals surface area (Å²) < 4.78 is 6.16. The van der Waals surface area contributed by atoms with Crippen LogP contribution >= 0.6 is 22.6 Å². The van der Waals surface area contributed by atoms with Gasteiger partial charge in [-0.3, -0.25) is 4.79 Å². The van der Waals surface area contributed by atoms with Crippen molar-refractivity contribution in [3.8, 4) is 5.75 Å². The molecule has 0 saturated heterocycles. The number of halogens is 1. The Hall–Kier alpha value is -2.22. The van der Waals surface area contributed by atoms with Gasteiger partial charge in [0.05, 0.1) is 11.8 Å². The van der Waals surface area contributed by atoms with E-state index < -0.39 is 5.97 Å². The van der Waals surface area contributed by atoms with E-state index in [4.69, 9.17) is 4.74 Å². The molecule has 0 aliphatic heterocycles. The highest BCUT2D eigenvalue weighted by molar-refractivity contribution is 14.1. The van der Waals surface area contributed by atoms with Crippen LogP contribution in [0.4, 0.5) is 0 Å². The molecule has 2 rings (SSSR count). The number of carbonyl (C=O) groups excluding carboxylic acids is 2. The Morgan fingerprint density at radius 2 is 1.82 bits per heavy atom. The Balaban J connectivity index is 2.02. The van der Waals surface area contributed by atoms with Crippen molar-refractivity contribution >= 4 is 40.7 Å². The maximum atomic E-state index is 12.1. The lowest BCUT2D eigenvalue weighted by Crippen LogP contribution is -2.12. The standard InChI is InChI=1S/C16H13IN2O3/c1-11(20)19-18-10-12-6-8-13(9-7-12)22-16(21)14-4-2-3-5-15(14)17/h2-10H,1H3,(H,19,20)/b18-10+. The number of rotatable bonds is 4. The van der Waals surface area contributed by atoms with Gasteiger partial charge in [-0.1, -0.05) is 12.1 Å². The molecule has 0 radical (unpaired) electrons. The third-order valence-electron chi connectivity index (χ3n) is 2.62. The van der Waals surface area contributed by atoms with Crippen molar-refractivity contribution in [1.82, 2.24) is 5.43 Å². The van der Waals surface area contributed by atoms with Gasteiger partial charge in [-0.05, 0) is 64.6 Å². The lowest BCUT2D eigenvalue weighted by atomic mass is 10.2. The summed E-state index contributed by atoms with van der Waals surface area (Å²) in [5.41, 5.74) is 3.62. The molecule has 0 aliphatic rings. The van der Waals surface area contributed by atoms with E-state index in [0.717, 1.165) is 9.13 Å². The molecule has 1 amide bonds. The monoisotopic (exact) mass is 408 g/mol. The molecule has 0 bridgehead atoms. The van der Waals surface area contributed by atoms with Gasteiger partial charge < -0.3 is 4.74 Å². The van der Waals surface area contributed by atoms with E-state index in [9.17, 15) is 9.59 Å². The molecule has 6 heteroatoms. The van der Waals surface area contributed by atoms with Crippen LogP contribution < -0.4 is 10.2 Å². The fourth-order valence-corrected chi connectivity index (χ4v) is 2.22. The SMILES string of the molecule is CC(=O)N/N=C/c1ccc(OC(=O)c2ccccc2I)cc1. The molecule has 0 atom stereocenters. The first-order chi connectivity index (χ1) is 10.6. The number of hydrazone groups is 1. The van der Waals surface area contributed by atoms with Gasteiger partial charge in [-0.25, -0.2) is 10.2 Å². The molecule has 112 valence electrons. The zero-order valence-corrected chi connectivity index (χ0v) is 13.9. The van der Waals surface area contributed by atoms with Crippen LogP contribution in [0.5, 0.6) is 5.75 Å². The first-order valence-electron chi connectivity index (χ1n) is 6.42. The van der Waals surface area contributed by atoms with Crippen LogP contribution in [0.3, 0.4) is 0 Å². The third-order valence-corrected chi connectivity index (χ3v) is 3.56. The van der Waals surface area contributed by atoms with Crippen molar-refractivity contribution < 1.29 is 14.3 Å². The highest BCUT2D eigenvalue weighted by Crippen LogP contribution is 2.16.